The minimum absolute atomic E-state index is 0. The van der Waals surface area contributed by atoms with Gasteiger partial charge in [0.25, 0.3) is 0 Å². The van der Waals surface area contributed by atoms with E-state index in [0.29, 0.717) is 36.9 Å². The zero-order chi connectivity index (χ0) is 25.5. The molecule has 2 aliphatic rings. The van der Waals surface area contributed by atoms with E-state index in [0.717, 1.165) is 36.2 Å². The van der Waals surface area contributed by atoms with E-state index in [1.165, 1.54) is 6.33 Å². The lowest BCUT2D eigenvalue weighted by molar-refractivity contribution is 0.170. The van der Waals surface area contributed by atoms with E-state index >= 15 is 0 Å². The van der Waals surface area contributed by atoms with Crippen LogP contribution in [0.2, 0.25) is 0 Å². The van der Waals surface area contributed by atoms with Gasteiger partial charge in [-0.2, -0.15) is 10.2 Å². The van der Waals surface area contributed by atoms with Gasteiger partial charge in [-0.1, -0.05) is 45.5 Å². The Labute approximate surface area is 222 Å². The number of hydrogen-bond donors (Lipinski definition) is 2. The zero-order valence-corrected chi connectivity index (χ0v) is 21.0. The number of amides is 2. The molecule has 0 spiro atoms. The monoisotopic (exact) mass is 517 g/mol. The third-order valence-electron chi connectivity index (χ3n) is 7.40. The van der Waals surface area contributed by atoms with Crippen molar-refractivity contribution in [2.75, 3.05) is 37.6 Å². The summed E-state index contributed by atoms with van der Waals surface area (Å²) >= 11 is 0. The fourth-order valence-corrected chi connectivity index (χ4v) is 5.27. The van der Waals surface area contributed by atoms with E-state index in [1.54, 1.807) is 10.7 Å². The van der Waals surface area contributed by atoms with Gasteiger partial charge >= 0.3 is 6.03 Å². The summed E-state index contributed by atoms with van der Waals surface area (Å²) in [6.45, 7) is 7.92. The lowest BCUT2D eigenvalue weighted by Gasteiger charge is -2.25. The minimum Gasteiger partial charge on any atom is -0.392 e. The number of aliphatic hydroxyl groups is 1. The first kappa shape index (κ1) is 25.8. The molecular formula is C27H35N9O2. The summed E-state index contributed by atoms with van der Waals surface area (Å²) in [5.74, 6) is 1.62. The quantitative estimate of drug-likeness (QED) is 0.387. The Balaban J connectivity index is 0.00000294. The molecule has 11 heteroatoms. The second-order valence-corrected chi connectivity index (χ2v) is 10.2. The summed E-state index contributed by atoms with van der Waals surface area (Å²) in [4.78, 5) is 28.7. The van der Waals surface area contributed by atoms with Crippen LogP contribution in [-0.2, 0) is 0 Å². The molecule has 4 aromatic rings. The molecule has 2 aliphatic heterocycles. The average Bonchev–Trinajstić information content (AvgIpc) is 3.70. The van der Waals surface area contributed by atoms with Crippen LogP contribution in [0.5, 0.6) is 0 Å². The smallest absolute Gasteiger partial charge is 0.326 e. The van der Waals surface area contributed by atoms with Crippen LogP contribution in [0, 0.1) is 5.92 Å². The third kappa shape index (κ3) is 4.74. The molecule has 0 bridgehead atoms. The first-order valence-corrected chi connectivity index (χ1v) is 12.8. The molecule has 0 unspecified atom stereocenters. The van der Waals surface area contributed by atoms with Crippen LogP contribution in [0.3, 0.4) is 0 Å². The van der Waals surface area contributed by atoms with Crippen LogP contribution in [0.25, 0.3) is 28.2 Å². The maximum absolute atomic E-state index is 13.6. The molecule has 0 aliphatic carbocycles. The topological polar surface area (TPSA) is 119 Å². The Bertz CT molecular complexity index is 1380. The third-order valence-corrected chi connectivity index (χ3v) is 7.40. The number of likely N-dealkylation sites (tertiary alicyclic amines) is 1. The molecule has 2 atom stereocenters. The van der Waals surface area contributed by atoms with Gasteiger partial charge in [0, 0.05) is 50.0 Å². The van der Waals surface area contributed by atoms with Crippen molar-refractivity contribution in [3.8, 4) is 22.5 Å². The molecule has 2 N–H and O–H groups in total. The molecule has 11 nitrogen and oxygen atoms in total. The largest absolute Gasteiger partial charge is 0.392 e. The summed E-state index contributed by atoms with van der Waals surface area (Å²) in [6.07, 6.45) is 5.70. The number of urea groups is 1. The number of benzene rings is 1. The number of aromatic nitrogens is 6. The second kappa shape index (κ2) is 10.5. The molecule has 38 heavy (non-hydrogen) atoms. The van der Waals surface area contributed by atoms with Crippen molar-refractivity contribution in [3.63, 3.8) is 0 Å². The Morgan fingerprint density at radius 3 is 2.58 bits per heavy atom. The molecule has 2 fully saturated rings. The van der Waals surface area contributed by atoms with Gasteiger partial charge in [0.15, 0.2) is 11.5 Å². The number of nitrogens with zero attached hydrogens (tertiary/aromatic N) is 8. The maximum Gasteiger partial charge on any atom is 0.326 e. The number of nitrogens with one attached hydrogen (secondary N) is 1. The van der Waals surface area contributed by atoms with Gasteiger partial charge in [-0.05, 0) is 24.0 Å². The van der Waals surface area contributed by atoms with E-state index in [1.807, 2.05) is 46.3 Å². The van der Waals surface area contributed by atoms with E-state index in [9.17, 15) is 9.90 Å². The van der Waals surface area contributed by atoms with Gasteiger partial charge in [-0.3, -0.25) is 14.9 Å². The van der Waals surface area contributed by atoms with Gasteiger partial charge in [0.05, 0.1) is 18.3 Å². The summed E-state index contributed by atoms with van der Waals surface area (Å²) in [5.41, 5.74) is 3.51. The summed E-state index contributed by atoms with van der Waals surface area (Å²) in [5, 5.41) is 21.1. The van der Waals surface area contributed by atoms with Crippen LogP contribution in [0.4, 0.5) is 10.6 Å². The normalized spacial score (nSPS) is 20.2. The Morgan fingerprint density at radius 1 is 1.11 bits per heavy atom. The predicted octanol–water partition coefficient (Wildman–Crippen LogP) is 3.15. The average molecular weight is 518 g/mol. The summed E-state index contributed by atoms with van der Waals surface area (Å²) < 4.78 is 1.74. The molecule has 5 heterocycles. The van der Waals surface area contributed by atoms with Crippen LogP contribution in [-0.4, -0.2) is 95.6 Å². The minimum atomic E-state index is -0.256. The number of β-amino-alcohol motifs (C(OH)–C–C–N with tert-alkyl or cyclic N) is 1. The highest BCUT2D eigenvalue weighted by Gasteiger charge is 2.40. The van der Waals surface area contributed by atoms with Crippen LogP contribution in [0.1, 0.15) is 27.7 Å². The molecule has 0 saturated carbocycles. The van der Waals surface area contributed by atoms with Crippen LogP contribution >= 0.6 is 0 Å². The van der Waals surface area contributed by atoms with Gasteiger partial charge in [0.2, 0.25) is 0 Å². The Kier molecular flexibility index (Phi) is 7.13. The van der Waals surface area contributed by atoms with E-state index in [4.69, 9.17) is 4.98 Å². The highest BCUT2D eigenvalue weighted by molar-refractivity contribution is 5.94. The molecule has 2 saturated heterocycles. The number of carbonyl (C=O) groups is 1. The van der Waals surface area contributed by atoms with Crippen molar-refractivity contribution in [2.24, 2.45) is 5.92 Å². The number of rotatable bonds is 7. The lowest BCUT2D eigenvalue weighted by atomic mass is 10.0. The lowest BCUT2D eigenvalue weighted by Crippen LogP contribution is -2.39. The maximum atomic E-state index is 13.6. The summed E-state index contributed by atoms with van der Waals surface area (Å²) in [7, 11) is 0. The SMILES string of the molecule is C.CC(C)[C@H]1CN(CCN2CC[C@@H](O)C2)C(=O)N1c1ccn2ncc(-c3ccc(-c4ncn[nH]4)cc3)c2n1. The highest BCUT2D eigenvalue weighted by atomic mass is 16.3. The number of hydrogen-bond acceptors (Lipinski definition) is 7. The predicted molar refractivity (Wildman–Crippen MR) is 146 cm³/mol. The fraction of sp³-hybridized carbons (Fsp3) is 0.444. The Morgan fingerprint density at radius 2 is 1.89 bits per heavy atom. The molecule has 0 radical (unpaired) electrons. The van der Waals surface area contributed by atoms with Crippen molar-refractivity contribution < 1.29 is 9.90 Å². The highest BCUT2D eigenvalue weighted by Crippen LogP contribution is 2.31. The first-order chi connectivity index (χ1) is 18.0. The number of carbonyl (C=O) groups excluding carboxylic acids is 1. The molecule has 6 rings (SSSR count). The second-order valence-electron chi connectivity index (χ2n) is 10.2. The van der Waals surface area contributed by atoms with Crippen molar-refractivity contribution in [3.05, 3.63) is 49.1 Å². The molecule has 3 aromatic heterocycles. The number of aromatic amines is 1. The van der Waals surface area contributed by atoms with Crippen molar-refractivity contribution >= 4 is 17.5 Å². The molecular weight excluding hydrogens is 482 g/mol. The van der Waals surface area contributed by atoms with Crippen molar-refractivity contribution in [1.82, 2.24) is 39.6 Å². The van der Waals surface area contributed by atoms with Gasteiger partial charge in [0.1, 0.15) is 12.1 Å². The van der Waals surface area contributed by atoms with E-state index < -0.39 is 0 Å². The molecule has 1 aromatic carbocycles. The standard InChI is InChI=1S/C26H31N9O2.CH4/c1-17(2)22-15-33(12-11-32-9-7-20(36)14-32)26(37)35(22)23-8-10-34-25(30-23)21(13-29-34)18-3-5-19(6-4-18)24-27-16-28-31-24;/h3-6,8,10,13,16-17,20,22,36H,7,9,11-12,14-15H2,1-2H3,(H,27,28,31);1H4/t20-,22-;/m1./s1. The van der Waals surface area contributed by atoms with Crippen molar-refractivity contribution in [2.45, 2.75) is 39.8 Å². The molecule has 2 amide bonds. The van der Waals surface area contributed by atoms with Gasteiger partial charge in [-0.25, -0.2) is 19.3 Å². The zero-order valence-electron chi connectivity index (χ0n) is 21.0. The first-order valence-electron chi connectivity index (χ1n) is 12.8. The fourth-order valence-electron chi connectivity index (χ4n) is 5.27. The number of anilines is 1. The number of fused-ring (bicyclic) bond motifs is 1. The summed E-state index contributed by atoms with van der Waals surface area (Å²) in [6, 6.07) is 9.87. The number of aliphatic hydroxyl groups excluding tert-OH is 1. The van der Waals surface area contributed by atoms with Gasteiger partial charge < -0.3 is 10.0 Å². The van der Waals surface area contributed by atoms with E-state index in [-0.39, 0.29) is 31.5 Å². The van der Waals surface area contributed by atoms with E-state index in [2.05, 4.69) is 39.0 Å². The van der Waals surface area contributed by atoms with Gasteiger partial charge in [-0.15, -0.1) is 0 Å². The van der Waals surface area contributed by atoms with Crippen molar-refractivity contribution in [1.29, 1.82) is 0 Å². The number of H-pyrrole nitrogens is 1. The van der Waals surface area contributed by atoms with Crippen LogP contribution in [0.15, 0.2) is 49.1 Å². The Hall–Kier alpha value is -3.83. The van der Waals surface area contributed by atoms with Crippen LogP contribution < -0.4 is 4.90 Å². The molecule has 200 valence electrons.